The number of nitrogens with two attached hydrogens (primary N) is 1. The van der Waals surface area contributed by atoms with E-state index in [1.807, 2.05) is 30.3 Å². The standard InChI is InChI=1S/C20H18BrN3O/c1-25-16-9-7-13(8-10-16)20(14-4-2-5-15(21)12-14)17-6-3-11-23-18(17)19(22)24-20/h2-12,19,24H,22H2,1H3. The third kappa shape index (κ3) is 2.56. The molecule has 2 atom stereocenters. The van der Waals surface area contributed by atoms with E-state index in [0.29, 0.717) is 0 Å². The number of aromatic nitrogens is 1. The van der Waals surface area contributed by atoms with Crippen LogP contribution in [0.5, 0.6) is 5.75 Å². The van der Waals surface area contributed by atoms with Gasteiger partial charge in [0.25, 0.3) is 0 Å². The van der Waals surface area contributed by atoms with E-state index in [-0.39, 0.29) is 6.17 Å². The Morgan fingerprint density at radius 3 is 2.60 bits per heavy atom. The SMILES string of the molecule is COc1ccc(C2(c3cccc(Br)c3)NC(N)c3ncccc32)cc1. The van der Waals surface area contributed by atoms with E-state index in [4.69, 9.17) is 10.5 Å². The van der Waals surface area contributed by atoms with Gasteiger partial charge < -0.3 is 10.5 Å². The summed E-state index contributed by atoms with van der Waals surface area (Å²) in [5.74, 6) is 0.821. The van der Waals surface area contributed by atoms with Crippen molar-refractivity contribution in [3.63, 3.8) is 0 Å². The molecule has 2 unspecified atom stereocenters. The molecule has 4 rings (SSSR count). The monoisotopic (exact) mass is 395 g/mol. The van der Waals surface area contributed by atoms with Crippen molar-refractivity contribution in [3.05, 3.63) is 93.7 Å². The Kier molecular flexibility index (Phi) is 4.07. The fraction of sp³-hybridized carbons (Fsp3) is 0.150. The van der Waals surface area contributed by atoms with Crippen molar-refractivity contribution in [2.75, 3.05) is 7.11 Å². The van der Waals surface area contributed by atoms with Crippen LogP contribution in [0.15, 0.2) is 71.3 Å². The molecule has 0 saturated carbocycles. The Labute approximate surface area is 155 Å². The van der Waals surface area contributed by atoms with Crippen LogP contribution in [0.4, 0.5) is 0 Å². The molecule has 2 aromatic carbocycles. The summed E-state index contributed by atoms with van der Waals surface area (Å²) in [4.78, 5) is 4.52. The van der Waals surface area contributed by atoms with Crippen LogP contribution in [0.2, 0.25) is 0 Å². The van der Waals surface area contributed by atoms with E-state index in [2.05, 4.69) is 56.6 Å². The molecule has 4 nitrogen and oxygen atoms in total. The summed E-state index contributed by atoms with van der Waals surface area (Å²) in [6.07, 6.45) is 1.45. The molecule has 2 heterocycles. The van der Waals surface area contributed by atoms with Crippen LogP contribution >= 0.6 is 15.9 Å². The van der Waals surface area contributed by atoms with Crippen molar-refractivity contribution in [2.24, 2.45) is 5.73 Å². The molecule has 126 valence electrons. The Bertz CT molecular complexity index is 913. The summed E-state index contributed by atoms with van der Waals surface area (Å²) < 4.78 is 6.33. The second kappa shape index (κ2) is 6.26. The number of methoxy groups -OCH3 is 1. The van der Waals surface area contributed by atoms with Gasteiger partial charge in [0.05, 0.1) is 18.3 Å². The first-order valence-electron chi connectivity index (χ1n) is 8.04. The summed E-state index contributed by atoms with van der Waals surface area (Å²) >= 11 is 3.59. The van der Waals surface area contributed by atoms with Crippen molar-refractivity contribution < 1.29 is 4.74 Å². The van der Waals surface area contributed by atoms with Crippen molar-refractivity contribution >= 4 is 15.9 Å². The van der Waals surface area contributed by atoms with Crippen LogP contribution in [-0.2, 0) is 5.54 Å². The zero-order valence-corrected chi connectivity index (χ0v) is 15.3. The number of rotatable bonds is 3. The first-order chi connectivity index (χ1) is 12.1. The largest absolute Gasteiger partial charge is 0.497 e. The van der Waals surface area contributed by atoms with Gasteiger partial charge in [0, 0.05) is 16.2 Å². The predicted octanol–water partition coefficient (Wildman–Crippen LogP) is 3.71. The van der Waals surface area contributed by atoms with Crippen LogP contribution in [0.1, 0.15) is 28.6 Å². The molecule has 0 radical (unpaired) electrons. The Morgan fingerprint density at radius 1 is 1.08 bits per heavy atom. The van der Waals surface area contributed by atoms with E-state index >= 15 is 0 Å². The fourth-order valence-electron chi connectivity index (χ4n) is 3.57. The minimum absolute atomic E-state index is 0.336. The lowest BCUT2D eigenvalue weighted by atomic mass is 9.78. The van der Waals surface area contributed by atoms with Gasteiger partial charge in [-0.15, -0.1) is 0 Å². The average Bonchev–Trinajstić information content (AvgIpc) is 2.96. The Balaban J connectivity index is 2.00. The highest BCUT2D eigenvalue weighted by atomic mass is 79.9. The highest BCUT2D eigenvalue weighted by Gasteiger charge is 2.45. The molecule has 1 aromatic heterocycles. The molecule has 0 amide bonds. The maximum atomic E-state index is 6.38. The second-order valence-corrected chi connectivity index (χ2v) is 6.96. The van der Waals surface area contributed by atoms with Crippen LogP contribution < -0.4 is 15.8 Å². The zero-order valence-electron chi connectivity index (χ0n) is 13.7. The highest BCUT2D eigenvalue weighted by Crippen LogP contribution is 2.45. The number of ether oxygens (including phenoxy) is 1. The summed E-state index contributed by atoms with van der Waals surface area (Å²) in [5, 5.41) is 3.58. The first-order valence-corrected chi connectivity index (χ1v) is 8.83. The molecule has 0 bridgehead atoms. The van der Waals surface area contributed by atoms with Gasteiger partial charge in [-0.3, -0.25) is 10.3 Å². The molecule has 0 saturated heterocycles. The van der Waals surface area contributed by atoms with Crippen LogP contribution in [-0.4, -0.2) is 12.1 Å². The number of nitrogens with zero attached hydrogens (tertiary/aromatic N) is 1. The minimum Gasteiger partial charge on any atom is -0.497 e. The smallest absolute Gasteiger partial charge is 0.118 e. The molecule has 0 fully saturated rings. The van der Waals surface area contributed by atoms with E-state index in [1.54, 1.807) is 13.3 Å². The molecular weight excluding hydrogens is 378 g/mol. The number of hydrogen-bond donors (Lipinski definition) is 2. The zero-order chi connectivity index (χ0) is 17.4. The molecular formula is C20H18BrN3O. The lowest BCUT2D eigenvalue weighted by Crippen LogP contribution is -2.42. The van der Waals surface area contributed by atoms with Gasteiger partial charge >= 0.3 is 0 Å². The highest BCUT2D eigenvalue weighted by molar-refractivity contribution is 9.10. The number of hydrogen-bond acceptors (Lipinski definition) is 4. The summed E-state index contributed by atoms with van der Waals surface area (Å²) in [7, 11) is 1.67. The fourth-order valence-corrected chi connectivity index (χ4v) is 3.97. The molecule has 5 heteroatoms. The van der Waals surface area contributed by atoms with E-state index in [9.17, 15) is 0 Å². The predicted molar refractivity (Wildman–Crippen MR) is 101 cm³/mol. The average molecular weight is 396 g/mol. The quantitative estimate of drug-likeness (QED) is 0.709. The maximum absolute atomic E-state index is 6.38. The Hall–Kier alpha value is -2.21. The Morgan fingerprint density at radius 2 is 1.88 bits per heavy atom. The summed E-state index contributed by atoms with van der Waals surface area (Å²) in [5.41, 5.74) is 9.97. The number of nitrogens with one attached hydrogen (secondary N) is 1. The molecule has 3 N–H and O–H groups in total. The van der Waals surface area contributed by atoms with Crippen molar-refractivity contribution in [1.82, 2.24) is 10.3 Å². The van der Waals surface area contributed by atoms with Crippen LogP contribution in [0.25, 0.3) is 0 Å². The first kappa shape index (κ1) is 16.3. The van der Waals surface area contributed by atoms with Crippen molar-refractivity contribution in [2.45, 2.75) is 11.7 Å². The maximum Gasteiger partial charge on any atom is 0.118 e. The lowest BCUT2D eigenvalue weighted by molar-refractivity contribution is 0.413. The number of halogens is 1. The number of benzene rings is 2. The van der Waals surface area contributed by atoms with E-state index in [0.717, 1.165) is 32.6 Å². The number of fused-ring (bicyclic) bond motifs is 1. The second-order valence-electron chi connectivity index (χ2n) is 6.05. The molecule has 1 aliphatic heterocycles. The molecule has 0 spiro atoms. The summed E-state index contributed by atoms with van der Waals surface area (Å²) in [6.45, 7) is 0. The third-order valence-electron chi connectivity index (χ3n) is 4.69. The molecule has 3 aromatic rings. The van der Waals surface area contributed by atoms with Gasteiger partial charge in [0.1, 0.15) is 11.9 Å². The van der Waals surface area contributed by atoms with Crippen molar-refractivity contribution in [1.29, 1.82) is 0 Å². The van der Waals surface area contributed by atoms with Gasteiger partial charge in [-0.2, -0.15) is 0 Å². The summed E-state index contributed by atoms with van der Waals surface area (Å²) in [6, 6.07) is 20.4. The van der Waals surface area contributed by atoms with E-state index < -0.39 is 5.54 Å². The van der Waals surface area contributed by atoms with Gasteiger partial charge in [0.2, 0.25) is 0 Å². The lowest BCUT2D eigenvalue weighted by Gasteiger charge is -2.33. The molecule has 0 aliphatic carbocycles. The van der Waals surface area contributed by atoms with Gasteiger partial charge in [-0.05, 0) is 41.5 Å². The van der Waals surface area contributed by atoms with Crippen molar-refractivity contribution in [3.8, 4) is 5.75 Å². The van der Waals surface area contributed by atoms with Gasteiger partial charge in [-0.1, -0.05) is 46.3 Å². The molecule has 25 heavy (non-hydrogen) atoms. The van der Waals surface area contributed by atoms with E-state index in [1.165, 1.54) is 0 Å². The third-order valence-corrected chi connectivity index (χ3v) is 5.18. The topological polar surface area (TPSA) is 60.2 Å². The molecule has 1 aliphatic rings. The van der Waals surface area contributed by atoms with Crippen LogP contribution in [0, 0.1) is 0 Å². The van der Waals surface area contributed by atoms with Crippen LogP contribution in [0.3, 0.4) is 0 Å². The normalized spacial score (nSPS) is 21.8. The number of pyridine rings is 1. The minimum atomic E-state index is -0.556. The van der Waals surface area contributed by atoms with Gasteiger partial charge in [0.15, 0.2) is 0 Å². The van der Waals surface area contributed by atoms with Gasteiger partial charge in [-0.25, -0.2) is 0 Å².